The van der Waals surface area contributed by atoms with Crippen LogP contribution in [-0.2, 0) is 0 Å². The molecular weight excluding hydrogens is 1030 g/mol. The predicted molar refractivity (Wildman–Crippen MR) is 274 cm³/mol. The Kier molecular flexibility index (Phi) is 20.4. The van der Waals surface area contributed by atoms with Gasteiger partial charge in [-0.05, 0) is 100.0 Å². The van der Waals surface area contributed by atoms with Crippen LogP contribution in [0.25, 0.3) is 44.5 Å². The van der Waals surface area contributed by atoms with E-state index in [0.717, 1.165) is 21.5 Å². The van der Waals surface area contributed by atoms with Crippen molar-refractivity contribution in [1.82, 2.24) is 0 Å². The average Bonchev–Trinajstić information content (AvgIpc) is 3.32. The third-order valence-corrected chi connectivity index (χ3v) is 9.71. The van der Waals surface area contributed by atoms with Gasteiger partial charge < -0.3 is 11.1 Å². The fourth-order valence-corrected chi connectivity index (χ4v) is 6.30. The summed E-state index contributed by atoms with van der Waals surface area (Å²) in [4.78, 5) is 0. The predicted octanol–water partition coefficient (Wildman–Crippen LogP) is 13.3. The molecule has 0 aliphatic rings. The van der Waals surface area contributed by atoms with Crippen LogP contribution in [0, 0.1) is 6.92 Å². The largest absolute Gasteiger partial charge is 0.356 e. The number of benzene rings is 9. The zero-order valence-electron chi connectivity index (χ0n) is 34.0. The molecule has 0 aliphatic heterocycles. The second kappa shape index (κ2) is 26.7. The van der Waals surface area contributed by atoms with Crippen molar-refractivity contribution in [2.75, 3.05) is 11.1 Å². The third-order valence-electron chi connectivity index (χ3n) is 9.18. The summed E-state index contributed by atoms with van der Waals surface area (Å²) in [7, 11) is 0. The van der Waals surface area contributed by atoms with E-state index in [0.29, 0.717) is 0 Å². The van der Waals surface area contributed by atoms with E-state index in [1.165, 1.54) is 50.1 Å². The standard InChI is InChI=1S/C24H19N.C12H9Br.C12H11N.C7H8.BI2/c1-3-7-19(8-4-1)21-11-15-23(16-12-21)25-24-17-13-22(14-18-24)20-9-5-2-6-10-20;2*13-12-8-6-11(7-9-12)10-4-2-1-3-5-10;1-7-5-3-2-4-6-7;1-3-2/h1-18,25H;1-9H;1-9H,13H2;2-6H,1H3;/q;;;;-1. The fraction of sp³-hybridized carbons (Fsp3) is 0.0182. The summed E-state index contributed by atoms with van der Waals surface area (Å²) in [6, 6.07) is 85.1. The van der Waals surface area contributed by atoms with Crippen molar-refractivity contribution < 1.29 is 17.0 Å². The molecule has 0 heterocycles. The second-order valence-corrected chi connectivity index (χ2v) is 18.2. The smallest absolute Gasteiger partial charge is 0.0384 e. The van der Waals surface area contributed by atoms with Crippen LogP contribution in [0.15, 0.2) is 253 Å². The van der Waals surface area contributed by atoms with Crippen molar-refractivity contribution in [3.63, 3.8) is 0 Å². The molecule has 6 heteroatoms. The van der Waals surface area contributed by atoms with Gasteiger partial charge in [-0.2, -0.15) is 0 Å². The number of nitrogens with one attached hydrogen (secondary N) is 1. The normalized spacial score (nSPS) is 9.82. The topological polar surface area (TPSA) is 38.0 Å². The van der Waals surface area contributed by atoms with Gasteiger partial charge in [0.05, 0.1) is 0 Å². The average molecular weight is 1080 g/mol. The number of anilines is 3. The van der Waals surface area contributed by atoms with Crippen LogP contribution in [0.5, 0.6) is 0 Å². The Balaban J connectivity index is 0.000000165. The van der Waals surface area contributed by atoms with Gasteiger partial charge in [0.25, 0.3) is 0 Å². The van der Waals surface area contributed by atoms with E-state index in [2.05, 4.69) is 217 Å². The molecule has 2 radical (unpaired) electrons. The van der Waals surface area contributed by atoms with Crippen LogP contribution in [0.1, 0.15) is 5.56 Å². The van der Waals surface area contributed by atoms with E-state index >= 15 is 0 Å². The molecule has 0 spiro atoms. The minimum absolute atomic E-state index is 0.0600. The number of nitrogens with two attached hydrogens (primary N) is 1. The number of halogens is 3. The molecule has 2 nitrogen and oxygen atoms in total. The Bertz CT molecular complexity index is 2350. The Labute approximate surface area is 392 Å². The molecule has 9 aromatic rings. The quantitative estimate of drug-likeness (QED) is 0.0989. The summed E-state index contributed by atoms with van der Waals surface area (Å²) in [5, 5.41) is 3.46. The van der Waals surface area contributed by atoms with E-state index in [1.54, 1.807) is 0 Å². The Morgan fingerprint density at radius 2 is 0.607 bits per heavy atom. The van der Waals surface area contributed by atoms with Crippen LogP contribution in [0.4, 0.5) is 17.1 Å². The SMILES string of the molecule is Brc1ccc(-c2ccccc2)cc1.Cc1ccccc1.Nc1ccc(-c2ccccc2)cc1.[B][I-]I.c1ccc(-c2ccc(Nc3ccc(-c4ccccc4)cc3)cc2)cc1. The first-order valence-corrected chi connectivity index (χ1v) is 28.0. The van der Waals surface area contributed by atoms with E-state index in [1.807, 2.05) is 78.9 Å². The summed E-state index contributed by atoms with van der Waals surface area (Å²) in [6.07, 6.45) is 0. The Morgan fingerprint density at radius 3 is 0.869 bits per heavy atom. The minimum atomic E-state index is 0.0600. The molecule has 0 fully saturated rings. The fourth-order valence-electron chi connectivity index (χ4n) is 6.03. The van der Waals surface area contributed by atoms with Gasteiger partial charge in [-0.1, -0.05) is 222 Å². The van der Waals surface area contributed by atoms with Crippen LogP contribution < -0.4 is 28.1 Å². The summed E-state index contributed by atoms with van der Waals surface area (Å²) >= 11 is 5.65. The maximum atomic E-state index is 5.60. The molecule has 0 unspecified atom stereocenters. The zero-order chi connectivity index (χ0) is 42.9. The number of nitrogen functional groups attached to an aromatic ring is 1. The van der Waals surface area contributed by atoms with Crippen molar-refractivity contribution in [1.29, 1.82) is 0 Å². The molecule has 9 rings (SSSR count). The number of hydrogen-bond acceptors (Lipinski definition) is 2. The van der Waals surface area contributed by atoms with Crippen molar-refractivity contribution in [2.24, 2.45) is 0 Å². The Hall–Kier alpha value is -5.42. The van der Waals surface area contributed by atoms with E-state index in [4.69, 9.17) is 11.4 Å². The van der Waals surface area contributed by atoms with Gasteiger partial charge in [-0.3, -0.25) is 0 Å². The summed E-state index contributed by atoms with van der Waals surface area (Å²) < 4.78 is 1.12. The number of hydrogen-bond donors (Lipinski definition) is 2. The van der Waals surface area contributed by atoms with E-state index < -0.39 is 0 Å². The van der Waals surface area contributed by atoms with Gasteiger partial charge in [-0.15, -0.1) is 0 Å². The van der Waals surface area contributed by atoms with Crippen LogP contribution in [0.3, 0.4) is 0 Å². The van der Waals surface area contributed by atoms with Crippen LogP contribution in [-0.4, -0.2) is 5.70 Å². The maximum Gasteiger partial charge on any atom is 0.0384 e. The molecule has 302 valence electrons. The number of aryl methyl sites for hydroxylation is 1. The van der Waals surface area contributed by atoms with Gasteiger partial charge >= 0.3 is 41.3 Å². The Morgan fingerprint density at radius 1 is 0.377 bits per heavy atom. The zero-order valence-corrected chi connectivity index (χ0v) is 39.9. The second-order valence-electron chi connectivity index (χ2n) is 13.6. The molecule has 0 aromatic heterocycles. The molecule has 0 aliphatic carbocycles. The first-order chi connectivity index (χ1) is 29.9. The molecule has 0 atom stereocenters. The van der Waals surface area contributed by atoms with Crippen LogP contribution >= 0.6 is 34.5 Å². The molecule has 0 bridgehead atoms. The van der Waals surface area contributed by atoms with E-state index in [9.17, 15) is 0 Å². The van der Waals surface area contributed by atoms with Gasteiger partial charge in [-0.25, -0.2) is 0 Å². The summed E-state index contributed by atoms with van der Waals surface area (Å²) in [5.41, 5.74) is 24.7. The molecule has 61 heavy (non-hydrogen) atoms. The third kappa shape index (κ3) is 16.9. The summed E-state index contributed by atoms with van der Waals surface area (Å²) in [5.74, 6) is 0. The van der Waals surface area contributed by atoms with E-state index in [-0.39, 0.29) is 17.0 Å². The van der Waals surface area contributed by atoms with Crippen molar-refractivity contribution in [3.8, 4) is 44.5 Å². The van der Waals surface area contributed by atoms with Crippen LogP contribution in [0.2, 0.25) is 0 Å². The maximum absolute atomic E-state index is 5.60. The minimum Gasteiger partial charge on any atom is -0.356 e. The van der Waals surface area contributed by atoms with Gasteiger partial charge in [0.1, 0.15) is 0 Å². The van der Waals surface area contributed by atoms with Gasteiger partial charge in [0.15, 0.2) is 0 Å². The summed E-state index contributed by atoms with van der Waals surface area (Å²) in [6.45, 7) is 2.08. The monoisotopic (exact) mass is 1080 g/mol. The first-order valence-electron chi connectivity index (χ1n) is 19.7. The molecule has 0 amide bonds. The van der Waals surface area contributed by atoms with Gasteiger partial charge in [0, 0.05) is 21.5 Å². The number of rotatable bonds is 6. The molecular formula is C55H47BBrI2N2-. The molecule has 9 aromatic carbocycles. The van der Waals surface area contributed by atoms with Crippen molar-refractivity contribution in [3.05, 3.63) is 259 Å². The van der Waals surface area contributed by atoms with Gasteiger partial charge in [0.2, 0.25) is 0 Å². The van der Waals surface area contributed by atoms with Crippen molar-refractivity contribution in [2.45, 2.75) is 6.92 Å². The van der Waals surface area contributed by atoms with Crippen molar-refractivity contribution >= 4 is 57.3 Å². The molecule has 0 saturated carbocycles. The molecule has 3 N–H and O–H groups in total. The molecule has 0 saturated heterocycles. The first kappa shape index (κ1) is 46.6.